The maximum Gasteiger partial charge on any atom is 0.337 e. The topological polar surface area (TPSA) is 109 Å². The van der Waals surface area contributed by atoms with E-state index in [1.165, 1.54) is 18.2 Å². The molecule has 1 aromatic rings. The van der Waals surface area contributed by atoms with Gasteiger partial charge in [0.2, 0.25) is 10.0 Å². The summed E-state index contributed by atoms with van der Waals surface area (Å²) in [5.41, 5.74) is 5.19. The Morgan fingerprint density at radius 1 is 1.53 bits per heavy atom. The van der Waals surface area contributed by atoms with Gasteiger partial charge in [0, 0.05) is 12.2 Å². The molecule has 1 rings (SSSR count). The van der Waals surface area contributed by atoms with E-state index in [4.69, 9.17) is 10.8 Å². The molecule has 0 aliphatic rings. The van der Waals surface area contributed by atoms with E-state index in [9.17, 15) is 13.2 Å². The number of hydrogen-bond acceptors (Lipinski definition) is 4. The Morgan fingerprint density at radius 3 is 2.71 bits per heavy atom. The lowest BCUT2D eigenvalue weighted by molar-refractivity contribution is 0.0698. The minimum absolute atomic E-state index is 0.0140. The van der Waals surface area contributed by atoms with E-state index >= 15 is 0 Å². The summed E-state index contributed by atoms with van der Waals surface area (Å²) in [5.74, 6) is -1.27. The van der Waals surface area contributed by atoms with E-state index < -0.39 is 16.0 Å². The zero-order valence-corrected chi connectivity index (χ0v) is 9.70. The first-order chi connectivity index (χ1) is 7.88. The van der Waals surface area contributed by atoms with Crippen molar-refractivity contribution in [3.05, 3.63) is 36.4 Å². The molecule has 0 saturated carbocycles. The standard InChI is InChI=1S/C10H12N2O4S/c1-2-5-12-17(15,16)7-3-4-9(11)8(6-7)10(13)14/h2-4,6,12H,1,5,11H2,(H,13,14). The van der Waals surface area contributed by atoms with Crippen LogP contribution in [0.1, 0.15) is 10.4 Å². The van der Waals surface area contributed by atoms with Crippen LogP contribution in [-0.2, 0) is 10.0 Å². The molecule has 0 saturated heterocycles. The zero-order valence-electron chi connectivity index (χ0n) is 8.88. The lowest BCUT2D eigenvalue weighted by Gasteiger charge is -2.07. The smallest absolute Gasteiger partial charge is 0.337 e. The Kier molecular flexibility index (Phi) is 3.87. The van der Waals surface area contributed by atoms with Crippen LogP contribution in [0.15, 0.2) is 35.7 Å². The van der Waals surface area contributed by atoms with Crippen LogP contribution < -0.4 is 10.5 Å². The predicted octanol–water partition coefficient (Wildman–Crippen LogP) is 0.431. The van der Waals surface area contributed by atoms with Crippen molar-refractivity contribution >= 4 is 21.7 Å². The molecule has 0 spiro atoms. The third-order valence-electron chi connectivity index (χ3n) is 1.98. The average molecular weight is 256 g/mol. The van der Waals surface area contributed by atoms with Crippen LogP contribution in [0.2, 0.25) is 0 Å². The minimum atomic E-state index is -3.74. The van der Waals surface area contributed by atoms with Crippen molar-refractivity contribution in [3.63, 3.8) is 0 Å². The van der Waals surface area contributed by atoms with Crippen LogP contribution in [0.3, 0.4) is 0 Å². The maximum atomic E-state index is 11.7. The number of nitrogen functional groups attached to an aromatic ring is 1. The molecule has 0 radical (unpaired) electrons. The lowest BCUT2D eigenvalue weighted by atomic mass is 10.2. The molecule has 0 aliphatic carbocycles. The lowest BCUT2D eigenvalue weighted by Crippen LogP contribution is -2.24. The number of carboxylic acid groups (broad SMARTS) is 1. The van der Waals surface area contributed by atoms with Gasteiger partial charge in [-0.2, -0.15) is 0 Å². The molecule has 0 fully saturated rings. The number of hydrogen-bond donors (Lipinski definition) is 3. The summed E-state index contributed by atoms with van der Waals surface area (Å²) in [7, 11) is -3.74. The van der Waals surface area contributed by atoms with Crippen molar-refractivity contribution in [2.24, 2.45) is 0 Å². The fraction of sp³-hybridized carbons (Fsp3) is 0.100. The largest absolute Gasteiger partial charge is 0.478 e. The quantitative estimate of drug-likeness (QED) is 0.523. The third-order valence-corrected chi connectivity index (χ3v) is 3.40. The SMILES string of the molecule is C=CCNS(=O)(=O)c1ccc(N)c(C(=O)O)c1. The van der Waals surface area contributed by atoms with Crippen molar-refractivity contribution in [2.45, 2.75) is 4.90 Å². The number of anilines is 1. The highest BCUT2D eigenvalue weighted by Crippen LogP contribution is 2.17. The third kappa shape index (κ3) is 3.05. The summed E-state index contributed by atoms with van der Waals surface area (Å²) in [6.45, 7) is 3.44. The Hall–Kier alpha value is -1.86. The minimum Gasteiger partial charge on any atom is -0.478 e. The second kappa shape index (κ2) is 4.98. The molecule has 0 unspecified atom stereocenters. The molecule has 4 N–H and O–H groups in total. The number of carbonyl (C=O) groups is 1. The van der Waals surface area contributed by atoms with Gasteiger partial charge in [-0.1, -0.05) is 6.08 Å². The molecule has 0 aliphatic heterocycles. The summed E-state index contributed by atoms with van der Waals surface area (Å²) in [6.07, 6.45) is 1.38. The second-order valence-electron chi connectivity index (χ2n) is 3.19. The van der Waals surface area contributed by atoms with Crippen molar-refractivity contribution in [3.8, 4) is 0 Å². The zero-order chi connectivity index (χ0) is 13.1. The van der Waals surface area contributed by atoms with Crippen molar-refractivity contribution in [1.29, 1.82) is 0 Å². The van der Waals surface area contributed by atoms with Gasteiger partial charge in [-0.3, -0.25) is 0 Å². The van der Waals surface area contributed by atoms with Gasteiger partial charge in [-0.15, -0.1) is 6.58 Å². The van der Waals surface area contributed by atoms with Crippen LogP contribution in [0, 0.1) is 0 Å². The molecule has 17 heavy (non-hydrogen) atoms. The number of rotatable bonds is 5. The van der Waals surface area contributed by atoms with Crippen LogP contribution in [0.25, 0.3) is 0 Å². The molecule has 0 bridgehead atoms. The van der Waals surface area contributed by atoms with E-state index in [0.717, 1.165) is 6.07 Å². The Balaban J connectivity index is 3.20. The summed E-state index contributed by atoms with van der Waals surface area (Å²) in [4.78, 5) is 10.7. The number of aromatic carboxylic acids is 1. The van der Waals surface area contributed by atoms with Crippen LogP contribution in [0.5, 0.6) is 0 Å². The first-order valence-electron chi connectivity index (χ1n) is 4.62. The normalized spacial score (nSPS) is 11.1. The van der Waals surface area contributed by atoms with Crippen LogP contribution in [0.4, 0.5) is 5.69 Å². The van der Waals surface area contributed by atoms with Gasteiger partial charge in [0.05, 0.1) is 10.5 Å². The second-order valence-corrected chi connectivity index (χ2v) is 4.96. The molecular weight excluding hydrogens is 244 g/mol. The maximum absolute atomic E-state index is 11.7. The molecule has 7 heteroatoms. The van der Waals surface area contributed by atoms with Crippen molar-refractivity contribution in [2.75, 3.05) is 12.3 Å². The molecule has 0 atom stereocenters. The average Bonchev–Trinajstić information content (AvgIpc) is 2.26. The van der Waals surface area contributed by atoms with Crippen molar-refractivity contribution in [1.82, 2.24) is 4.72 Å². The molecule has 1 aromatic carbocycles. The predicted molar refractivity (Wildman–Crippen MR) is 63.2 cm³/mol. The van der Waals surface area contributed by atoms with Gasteiger partial charge in [0.15, 0.2) is 0 Å². The van der Waals surface area contributed by atoms with E-state index in [1.54, 1.807) is 0 Å². The summed E-state index contributed by atoms with van der Waals surface area (Å²) in [6, 6.07) is 3.50. The summed E-state index contributed by atoms with van der Waals surface area (Å²) >= 11 is 0. The summed E-state index contributed by atoms with van der Waals surface area (Å²) in [5, 5.41) is 8.82. The Morgan fingerprint density at radius 2 is 2.18 bits per heavy atom. The van der Waals surface area contributed by atoms with Gasteiger partial charge in [-0.25, -0.2) is 17.9 Å². The van der Waals surface area contributed by atoms with Gasteiger partial charge in [0.25, 0.3) is 0 Å². The number of sulfonamides is 1. The van der Waals surface area contributed by atoms with Gasteiger partial charge in [0.1, 0.15) is 0 Å². The number of nitrogens with two attached hydrogens (primary N) is 1. The van der Waals surface area contributed by atoms with Gasteiger partial charge in [-0.05, 0) is 18.2 Å². The van der Waals surface area contributed by atoms with Gasteiger partial charge >= 0.3 is 5.97 Å². The van der Waals surface area contributed by atoms with Gasteiger partial charge < -0.3 is 10.8 Å². The Bertz CT molecular complexity index is 551. The molecule has 92 valence electrons. The van der Waals surface area contributed by atoms with E-state index in [-0.39, 0.29) is 22.7 Å². The van der Waals surface area contributed by atoms with E-state index in [0.29, 0.717) is 0 Å². The molecular formula is C10H12N2O4S. The fourth-order valence-corrected chi connectivity index (χ4v) is 2.16. The molecule has 0 heterocycles. The highest BCUT2D eigenvalue weighted by Gasteiger charge is 2.17. The molecule has 0 aromatic heterocycles. The number of benzene rings is 1. The van der Waals surface area contributed by atoms with Crippen molar-refractivity contribution < 1.29 is 18.3 Å². The first kappa shape index (κ1) is 13.2. The van der Waals surface area contributed by atoms with E-state index in [2.05, 4.69) is 11.3 Å². The highest BCUT2D eigenvalue weighted by molar-refractivity contribution is 7.89. The van der Waals surface area contributed by atoms with Crippen LogP contribution >= 0.6 is 0 Å². The molecule has 0 amide bonds. The number of carboxylic acids is 1. The van der Waals surface area contributed by atoms with E-state index in [1.807, 2.05) is 0 Å². The molecule has 6 nitrogen and oxygen atoms in total. The number of nitrogens with one attached hydrogen (secondary N) is 1. The highest BCUT2D eigenvalue weighted by atomic mass is 32.2. The fourth-order valence-electron chi connectivity index (χ4n) is 1.14. The van der Waals surface area contributed by atoms with Crippen LogP contribution in [-0.4, -0.2) is 26.0 Å². The first-order valence-corrected chi connectivity index (χ1v) is 6.10. The summed E-state index contributed by atoms with van der Waals surface area (Å²) < 4.78 is 25.6. The Labute approximate surface area is 98.8 Å². The monoisotopic (exact) mass is 256 g/mol.